The molecule has 86 valence electrons. The molecule has 2 heterocycles. The maximum atomic E-state index is 5.25. The molecular formula is C12H16N2OS. The summed E-state index contributed by atoms with van der Waals surface area (Å²) in [5.74, 6) is 2.14. The maximum Gasteiger partial charge on any atom is 0.114 e. The summed E-state index contributed by atoms with van der Waals surface area (Å²) in [4.78, 5) is 1.26. The van der Waals surface area contributed by atoms with Crippen molar-refractivity contribution in [3.63, 3.8) is 0 Å². The van der Waals surface area contributed by atoms with Crippen LogP contribution in [0.5, 0.6) is 0 Å². The maximum absolute atomic E-state index is 5.25. The van der Waals surface area contributed by atoms with E-state index in [1.165, 1.54) is 16.9 Å². The predicted molar refractivity (Wildman–Crippen MR) is 65.7 cm³/mol. The SMILES string of the molecule is Cc1occc1SCCCc1cnn(C)c1. The van der Waals surface area contributed by atoms with Gasteiger partial charge >= 0.3 is 0 Å². The van der Waals surface area contributed by atoms with E-state index in [-0.39, 0.29) is 0 Å². The summed E-state index contributed by atoms with van der Waals surface area (Å²) in [5, 5.41) is 4.15. The number of hydrogen-bond donors (Lipinski definition) is 0. The highest BCUT2D eigenvalue weighted by Gasteiger charge is 2.02. The van der Waals surface area contributed by atoms with Gasteiger partial charge in [-0.15, -0.1) is 11.8 Å². The summed E-state index contributed by atoms with van der Waals surface area (Å²) in [6, 6.07) is 2.03. The third kappa shape index (κ3) is 2.92. The molecule has 0 aromatic carbocycles. The first-order chi connectivity index (χ1) is 7.75. The Morgan fingerprint density at radius 2 is 2.38 bits per heavy atom. The zero-order chi connectivity index (χ0) is 11.4. The van der Waals surface area contributed by atoms with E-state index in [0.29, 0.717) is 0 Å². The first kappa shape index (κ1) is 11.3. The Bertz CT molecular complexity index is 447. The molecule has 0 N–H and O–H groups in total. The predicted octanol–water partition coefficient (Wildman–Crippen LogP) is 3.05. The minimum absolute atomic E-state index is 1.02. The van der Waals surface area contributed by atoms with Gasteiger partial charge < -0.3 is 4.42 Å². The zero-order valence-corrected chi connectivity index (χ0v) is 10.5. The molecule has 0 unspecified atom stereocenters. The van der Waals surface area contributed by atoms with Gasteiger partial charge in [0.2, 0.25) is 0 Å². The van der Waals surface area contributed by atoms with Gasteiger partial charge in [-0.05, 0) is 37.1 Å². The Labute approximate surface area is 99.8 Å². The summed E-state index contributed by atoms with van der Waals surface area (Å²) in [5.41, 5.74) is 1.31. The molecule has 0 aliphatic heterocycles. The molecule has 3 nitrogen and oxygen atoms in total. The van der Waals surface area contributed by atoms with Gasteiger partial charge in [0.15, 0.2) is 0 Å². The average molecular weight is 236 g/mol. The van der Waals surface area contributed by atoms with Gasteiger partial charge in [0, 0.05) is 18.1 Å². The Hall–Kier alpha value is -1.16. The van der Waals surface area contributed by atoms with Crippen LogP contribution in [0.3, 0.4) is 0 Å². The molecule has 16 heavy (non-hydrogen) atoms. The van der Waals surface area contributed by atoms with Crippen molar-refractivity contribution in [2.75, 3.05) is 5.75 Å². The fraction of sp³-hybridized carbons (Fsp3) is 0.417. The van der Waals surface area contributed by atoms with Crippen molar-refractivity contribution in [2.24, 2.45) is 7.05 Å². The summed E-state index contributed by atoms with van der Waals surface area (Å²) < 4.78 is 7.10. The standard InChI is InChI=1S/C12H16N2OS/c1-10-12(5-6-15-10)16-7-3-4-11-8-13-14(2)9-11/h5-6,8-9H,3-4,7H2,1-2H3. The van der Waals surface area contributed by atoms with E-state index in [4.69, 9.17) is 4.42 Å². The Morgan fingerprint density at radius 3 is 3.00 bits per heavy atom. The molecule has 0 bridgehead atoms. The minimum Gasteiger partial charge on any atom is -0.468 e. The summed E-state index contributed by atoms with van der Waals surface area (Å²) in [7, 11) is 1.95. The van der Waals surface area contributed by atoms with Crippen LogP contribution in [-0.2, 0) is 13.5 Å². The molecule has 0 aliphatic rings. The van der Waals surface area contributed by atoms with E-state index in [1.54, 1.807) is 6.26 Å². The molecule has 0 spiro atoms. The van der Waals surface area contributed by atoms with E-state index in [0.717, 1.165) is 17.9 Å². The van der Waals surface area contributed by atoms with E-state index < -0.39 is 0 Å². The molecule has 0 aliphatic carbocycles. The van der Waals surface area contributed by atoms with Gasteiger partial charge in [0.05, 0.1) is 12.5 Å². The van der Waals surface area contributed by atoms with Crippen LogP contribution in [0.25, 0.3) is 0 Å². The zero-order valence-electron chi connectivity index (χ0n) is 9.64. The number of aryl methyl sites for hydroxylation is 3. The van der Waals surface area contributed by atoms with Crippen LogP contribution in [0.1, 0.15) is 17.7 Å². The molecule has 0 saturated carbocycles. The summed E-state index contributed by atoms with van der Waals surface area (Å²) in [6.07, 6.45) is 8.03. The van der Waals surface area contributed by atoms with Gasteiger partial charge in [-0.3, -0.25) is 4.68 Å². The number of rotatable bonds is 5. The van der Waals surface area contributed by atoms with E-state index in [9.17, 15) is 0 Å². The lowest BCUT2D eigenvalue weighted by Crippen LogP contribution is -1.87. The van der Waals surface area contributed by atoms with Gasteiger partial charge in [0.1, 0.15) is 5.76 Å². The Balaban J connectivity index is 1.71. The quantitative estimate of drug-likeness (QED) is 0.590. The molecule has 2 rings (SSSR count). The van der Waals surface area contributed by atoms with Crippen LogP contribution in [0.15, 0.2) is 34.0 Å². The smallest absolute Gasteiger partial charge is 0.114 e. The number of aromatic nitrogens is 2. The third-order valence-corrected chi connectivity index (χ3v) is 3.66. The second-order valence-corrected chi connectivity index (χ2v) is 4.95. The van der Waals surface area contributed by atoms with Crippen molar-refractivity contribution in [2.45, 2.75) is 24.7 Å². The van der Waals surface area contributed by atoms with Crippen molar-refractivity contribution >= 4 is 11.8 Å². The van der Waals surface area contributed by atoms with Gasteiger partial charge in [-0.1, -0.05) is 0 Å². The fourth-order valence-corrected chi connectivity index (χ4v) is 2.49. The Morgan fingerprint density at radius 1 is 1.50 bits per heavy atom. The van der Waals surface area contributed by atoms with Crippen LogP contribution in [0.2, 0.25) is 0 Å². The average Bonchev–Trinajstić information content (AvgIpc) is 2.83. The fourth-order valence-electron chi connectivity index (χ4n) is 1.58. The first-order valence-corrected chi connectivity index (χ1v) is 6.38. The highest BCUT2D eigenvalue weighted by Crippen LogP contribution is 2.23. The second kappa shape index (κ2) is 5.25. The third-order valence-electron chi connectivity index (χ3n) is 2.44. The Kier molecular flexibility index (Phi) is 3.72. The molecule has 4 heteroatoms. The highest BCUT2D eigenvalue weighted by molar-refractivity contribution is 7.99. The van der Waals surface area contributed by atoms with Crippen LogP contribution < -0.4 is 0 Å². The first-order valence-electron chi connectivity index (χ1n) is 5.40. The molecule has 0 atom stereocenters. The molecule has 0 saturated heterocycles. The molecule has 0 amide bonds. The number of nitrogens with zero attached hydrogens (tertiary/aromatic N) is 2. The lowest BCUT2D eigenvalue weighted by Gasteiger charge is -1.98. The van der Waals surface area contributed by atoms with E-state index >= 15 is 0 Å². The number of hydrogen-bond acceptors (Lipinski definition) is 3. The van der Waals surface area contributed by atoms with Crippen LogP contribution in [-0.4, -0.2) is 15.5 Å². The minimum atomic E-state index is 1.02. The summed E-state index contributed by atoms with van der Waals surface area (Å²) in [6.45, 7) is 2.00. The number of thioether (sulfide) groups is 1. The van der Waals surface area contributed by atoms with Crippen LogP contribution in [0.4, 0.5) is 0 Å². The molecule has 0 radical (unpaired) electrons. The van der Waals surface area contributed by atoms with Gasteiger partial charge in [0.25, 0.3) is 0 Å². The van der Waals surface area contributed by atoms with Gasteiger partial charge in [-0.2, -0.15) is 5.10 Å². The second-order valence-electron chi connectivity index (χ2n) is 3.82. The van der Waals surface area contributed by atoms with E-state index in [1.807, 2.05) is 42.7 Å². The lowest BCUT2D eigenvalue weighted by atomic mass is 10.2. The monoisotopic (exact) mass is 236 g/mol. The van der Waals surface area contributed by atoms with Crippen molar-refractivity contribution in [3.05, 3.63) is 36.0 Å². The van der Waals surface area contributed by atoms with Crippen molar-refractivity contribution in [3.8, 4) is 0 Å². The molecule has 2 aromatic heterocycles. The summed E-state index contributed by atoms with van der Waals surface area (Å²) >= 11 is 1.86. The normalized spacial score (nSPS) is 10.9. The largest absolute Gasteiger partial charge is 0.468 e. The van der Waals surface area contributed by atoms with Crippen LogP contribution in [0, 0.1) is 6.92 Å². The van der Waals surface area contributed by atoms with Crippen molar-refractivity contribution in [1.82, 2.24) is 9.78 Å². The van der Waals surface area contributed by atoms with E-state index in [2.05, 4.69) is 11.3 Å². The molecule has 2 aromatic rings. The highest BCUT2D eigenvalue weighted by atomic mass is 32.2. The number of furan rings is 1. The van der Waals surface area contributed by atoms with Crippen molar-refractivity contribution < 1.29 is 4.42 Å². The molecular weight excluding hydrogens is 220 g/mol. The van der Waals surface area contributed by atoms with Gasteiger partial charge in [-0.25, -0.2) is 0 Å². The molecule has 0 fully saturated rings. The topological polar surface area (TPSA) is 31.0 Å². The van der Waals surface area contributed by atoms with Crippen LogP contribution >= 0.6 is 11.8 Å². The van der Waals surface area contributed by atoms with Crippen molar-refractivity contribution in [1.29, 1.82) is 0 Å². The lowest BCUT2D eigenvalue weighted by molar-refractivity contribution is 0.527.